The highest BCUT2D eigenvalue weighted by Crippen LogP contribution is 2.36. The molecule has 0 saturated carbocycles. The van der Waals surface area contributed by atoms with Crippen molar-refractivity contribution >= 4 is 5.78 Å². The Labute approximate surface area is 94.4 Å². The summed E-state index contributed by atoms with van der Waals surface area (Å²) >= 11 is 0. The lowest BCUT2D eigenvalue weighted by atomic mass is 9.92. The highest BCUT2D eigenvalue weighted by molar-refractivity contribution is 5.73. The summed E-state index contributed by atoms with van der Waals surface area (Å²) in [4.78, 5) is 0. The SMILES string of the molecule is CC(C)=[O+]c1cccc2c1C(O)C=CC2[O-]. The van der Waals surface area contributed by atoms with Crippen molar-refractivity contribution in [3.63, 3.8) is 0 Å². The van der Waals surface area contributed by atoms with Crippen LogP contribution in [0.15, 0.2) is 30.4 Å². The lowest BCUT2D eigenvalue weighted by molar-refractivity contribution is -0.411. The smallest absolute Gasteiger partial charge is 0.358 e. The van der Waals surface area contributed by atoms with E-state index in [1.54, 1.807) is 18.2 Å². The van der Waals surface area contributed by atoms with E-state index in [9.17, 15) is 10.2 Å². The second-order valence-electron chi connectivity index (χ2n) is 4.02. The van der Waals surface area contributed by atoms with E-state index < -0.39 is 12.2 Å². The number of rotatable bonds is 1. The van der Waals surface area contributed by atoms with Gasteiger partial charge in [-0.2, -0.15) is 0 Å². The Morgan fingerprint density at radius 3 is 2.75 bits per heavy atom. The highest BCUT2D eigenvalue weighted by atomic mass is 16.4. The van der Waals surface area contributed by atoms with Crippen LogP contribution in [0.1, 0.15) is 37.2 Å². The van der Waals surface area contributed by atoms with Crippen molar-refractivity contribution in [2.24, 2.45) is 0 Å². The molecule has 2 unspecified atom stereocenters. The van der Waals surface area contributed by atoms with Gasteiger partial charge >= 0.3 is 11.5 Å². The van der Waals surface area contributed by atoms with E-state index in [0.717, 1.165) is 5.78 Å². The summed E-state index contributed by atoms with van der Waals surface area (Å²) in [6.07, 6.45) is 1.31. The molecular weight excluding hydrogens is 204 g/mol. The van der Waals surface area contributed by atoms with E-state index in [1.807, 2.05) is 13.8 Å². The number of hydrogen-bond donors (Lipinski definition) is 1. The quantitative estimate of drug-likeness (QED) is 0.574. The summed E-state index contributed by atoms with van der Waals surface area (Å²) in [5.41, 5.74) is 1.18. The summed E-state index contributed by atoms with van der Waals surface area (Å²) in [6, 6.07) is 5.27. The van der Waals surface area contributed by atoms with Crippen molar-refractivity contribution in [3.8, 4) is 5.75 Å². The molecule has 84 valence electrons. The van der Waals surface area contributed by atoms with E-state index in [4.69, 9.17) is 4.42 Å². The maximum Gasteiger partial charge on any atom is 0.358 e. The zero-order valence-electron chi connectivity index (χ0n) is 9.31. The average Bonchev–Trinajstić information content (AvgIpc) is 2.23. The molecule has 16 heavy (non-hydrogen) atoms. The molecule has 0 bridgehead atoms. The maximum absolute atomic E-state index is 11.7. The summed E-state index contributed by atoms with van der Waals surface area (Å²) in [5.74, 6) is 1.34. The van der Waals surface area contributed by atoms with Crippen LogP contribution in [-0.4, -0.2) is 10.9 Å². The number of benzene rings is 1. The first-order valence-corrected chi connectivity index (χ1v) is 5.22. The van der Waals surface area contributed by atoms with Gasteiger partial charge in [0.15, 0.2) is 0 Å². The van der Waals surface area contributed by atoms with Crippen LogP contribution >= 0.6 is 0 Å². The minimum atomic E-state index is -0.917. The second-order valence-corrected chi connectivity index (χ2v) is 4.02. The Morgan fingerprint density at radius 2 is 2.06 bits per heavy atom. The lowest BCUT2D eigenvalue weighted by Gasteiger charge is -2.26. The first-order chi connectivity index (χ1) is 7.59. The highest BCUT2D eigenvalue weighted by Gasteiger charge is 2.25. The number of hydrogen-bond acceptors (Lipinski definition) is 2. The van der Waals surface area contributed by atoms with Crippen LogP contribution in [0.25, 0.3) is 0 Å². The third-order valence-corrected chi connectivity index (χ3v) is 2.48. The number of ketones is 1. The van der Waals surface area contributed by atoms with Crippen LogP contribution in [-0.2, 0) is 4.42 Å². The van der Waals surface area contributed by atoms with Gasteiger partial charge in [0.05, 0.1) is 5.56 Å². The molecule has 0 spiro atoms. The molecule has 0 saturated heterocycles. The molecule has 0 radical (unpaired) electrons. The fourth-order valence-corrected chi connectivity index (χ4v) is 1.84. The molecule has 1 N–H and O–H groups in total. The van der Waals surface area contributed by atoms with Gasteiger partial charge in [0.25, 0.3) is 0 Å². The topological polar surface area (TPSA) is 54.6 Å². The van der Waals surface area contributed by atoms with Crippen molar-refractivity contribution in [2.45, 2.75) is 26.1 Å². The van der Waals surface area contributed by atoms with Crippen LogP contribution in [0.5, 0.6) is 5.75 Å². The number of aliphatic hydroxyl groups excluding tert-OH is 1. The molecular formula is C13H14O3. The van der Waals surface area contributed by atoms with Crippen molar-refractivity contribution in [1.82, 2.24) is 0 Å². The molecule has 1 aliphatic carbocycles. The fraction of sp³-hybridized carbons (Fsp3) is 0.308. The van der Waals surface area contributed by atoms with Crippen molar-refractivity contribution in [2.75, 3.05) is 0 Å². The molecule has 1 aromatic rings. The first-order valence-electron chi connectivity index (χ1n) is 5.22. The standard InChI is InChI=1S/C13H14O3/c1-8(2)16-12-5-3-4-9-10(14)6-7-11(15)13(9)12/h3-7,10-11,15H,1-2H3. The zero-order chi connectivity index (χ0) is 11.7. The Hall–Kier alpha value is -1.45. The minimum Gasteiger partial charge on any atom is -0.846 e. The molecule has 1 aromatic carbocycles. The Morgan fingerprint density at radius 1 is 1.31 bits per heavy atom. The predicted molar refractivity (Wildman–Crippen MR) is 59.1 cm³/mol. The minimum absolute atomic E-state index is 0.565. The zero-order valence-corrected chi connectivity index (χ0v) is 9.31. The Kier molecular flexibility index (Phi) is 2.90. The molecule has 0 fully saturated rings. The third kappa shape index (κ3) is 1.92. The van der Waals surface area contributed by atoms with Crippen molar-refractivity contribution < 1.29 is 14.6 Å². The molecule has 2 atom stereocenters. The molecule has 3 nitrogen and oxygen atoms in total. The van der Waals surface area contributed by atoms with Gasteiger partial charge < -0.3 is 10.2 Å². The van der Waals surface area contributed by atoms with E-state index in [-0.39, 0.29) is 0 Å². The van der Waals surface area contributed by atoms with E-state index in [1.165, 1.54) is 12.2 Å². The van der Waals surface area contributed by atoms with Gasteiger partial charge in [-0.05, 0) is 5.56 Å². The Balaban J connectivity index is 2.59. The lowest BCUT2D eigenvalue weighted by Crippen LogP contribution is -2.19. The number of carbonyl (C=O) groups excluding carboxylic acids is 1. The van der Waals surface area contributed by atoms with Crippen LogP contribution in [0, 0.1) is 0 Å². The van der Waals surface area contributed by atoms with Gasteiger partial charge in [0, 0.05) is 19.9 Å². The van der Waals surface area contributed by atoms with Crippen molar-refractivity contribution in [1.29, 1.82) is 0 Å². The largest absolute Gasteiger partial charge is 0.846 e. The van der Waals surface area contributed by atoms with Gasteiger partial charge in [-0.3, -0.25) is 0 Å². The molecule has 0 amide bonds. The van der Waals surface area contributed by atoms with Crippen LogP contribution < -0.4 is 5.11 Å². The second kappa shape index (κ2) is 4.20. The number of fused-ring (bicyclic) bond motifs is 1. The maximum atomic E-state index is 11.7. The van der Waals surface area contributed by atoms with Crippen LogP contribution in [0.4, 0.5) is 0 Å². The summed E-state index contributed by atoms with van der Waals surface area (Å²) in [6.45, 7) is 3.66. The predicted octanol–water partition coefficient (Wildman–Crippen LogP) is 1.55. The molecule has 0 heterocycles. The van der Waals surface area contributed by atoms with Crippen LogP contribution in [0.3, 0.4) is 0 Å². The average molecular weight is 218 g/mol. The van der Waals surface area contributed by atoms with E-state index in [2.05, 4.69) is 0 Å². The molecule has 1 aliphatic rings. The van der Waals surface area contributed by atoms with E-state index >= 15 is 0 Å². The summed E-state index contributed by atoms with van der Waals surface area (Å²) in [7, 11) is 0. The first kappa shape index (κ1) is 11.0. The van der Waals surface area contributed by atoms with Gasteiger partial charge in [0.2, 0.25) is 0 Å². The van der Waals surface area contributed by atoms with Crippen molar-refractivity contribution in [3.05, 3.63) is 41.5 Å². The van der Waals surface area contributed by atoms with Gasteiger partial charge in [0.1, 0.15) is 6.10 Å². The Bertz CT molecular complexity index is 456. The molecule has 2 rings (SSSR count). The summed E-state index contributed by atoms with van der Waals surface area (Å²) < 4.78 is 5.52. The molecule has 0 aliphatic heterocycles. The van der Waals surface area contributed by atoms with Gasteiger partial charge in [-0.1, -0.05) is 30.4 Å². The summed E-state index contributed by atoms with van der Waals surface area (Å²) in [5, 5.41) is 21.6. The number of aliphatic hydroxyl groups is 1. The van der Waals surface area contributed by atoms with Gasteiger partial charge in [-0.15, -0.1) is 0 Å². The third-order valence-electron chi connectivity index (χ3n) is 2.48. The van der Waals surface area contributed by atoms with Crippen LogP contribution in [0.2, 0.25) is 0 Å². The normalized spacial score (nSPS) is 22.8. The molecule has 3 heteroatoms. The van der Waals surface area contributed by atoms with Gasteiger partial charge in [-0.25, -0.2) is 4.42 Å². The molecule has 0 aromatic heterocycles. The monoisotopic (exact) mass is 218 g/mol. The fourth-order valence-electron chi connectivity index (χ4n) is 1.84. The van der Waals surface area contributed by atoms with E-state index in [0.29, 0.717) is 16.9 Å².